The predicted molar refractivity (Wildman–Crippen MR) is 173 cm³/mol. The van der Waals surface area contributed by atoms with Crippen LogP contribution in [0, 0.1) is 6.92 Å². The summed E-state index contributed by atoms with van der Waals surface area (Å²) < 4.78 is 0. The van der Waals surface area contributed by atoms with Gasteiger partial charge in [0.05, 0.1) is 11.0 Å². The first-order chi connectivity index (χ1) is 20.1. The molecule has 0 fully saturated rings. The Morgan fingerprint density at radius 2 is 1.86 bits per heavy atom. The van der Waals surface area contributed by atoms with Crippen LogP contribution in [0.2, 0.25) is 5.02 Å². The number of nitrogens with zero attached hydrogens (tertiary/aromatic N) is 3. The van der Waals surface area contributed by atoms with Crippen molar-refractivity contribution < 1.29 is 14.4 Å². The highest BCUT2D eigenvalue weighted by Crippen LogP contribution is 2.38. The van der Waals surface area contributed by atoms with E-state index in [0.717, 1.165) is 48.8 Å². The van der Waals surface area contributed by atoms with E-state index in [9.17, 15) is 14.4 Å². The Labute approximate surface area is 260 Å². The highest BCUT2D eigenvalue weighted by Gasteiger charge is 2.30. The molecule has 1 unspecified atom stereocenters. The minimum absolute atomic E-state index is 0.00113. The first-order valence-corrected chi connectivity index (χ1v) is 15.8. The molecule has 4 rings (SSSR count). The van der Waals surface area contributed by atoms with Crippen molar-refractivity contribution in [3.05, 3.63) is 75.3 Å². The lowest BCUT2D eigenvalue weighted by Gasteiger charge is -2.30. The Hall–Kier alpha value is -3.03. The van der Waals surface area contributed by atoms with E-state index in [1.165, 1.54) is 21.6 Å². The Bertz CT molecular complexity index is 1370. The number of carbonyl (C=O) groups is 3. The van der Waals surface area contributed by atoms with Crippen LogP contribution in [0.5, 0.6) is 0 Å². The summed E-state index contributed by atoms with van der Waals surface area (Å²) in [6.45, 7) is 6.85. The van der Waals surface area contributed by atoms with E-state index >= 15 is 0 Å². The van der Waals surface area contributed by atoms with E-state index < -0.39 is 0 Å². The molecule has 42 heavy (non-hydrogen) atoms. The maximum atomic E-state index is 13.2. The second kappa shape index (κ2) is 14.4. The van der Waals surface area contributed by atoms with Gasteiger partial charge in [0.25, 0.3) is 0 Å². The molecule has 6 nitrogen and oxygen atoms in total. The molecule has 8 heteroatoms. The summed E-state index contributed by atoms with van der Waals surface area (Å²) in [4.78, 5) is 44.4. The number of thiocarbonyl (C=S) groups is 1. The van der Waals surface area contributed by atoms with Crippen molar-refractivity contribution in [3.63, 3.8) is 0 Å². The van der Waals surface area contributed by atoms with Crippen LogP contribution in [0.15, 0.2) is 42.5 Å². The number of halogens is 1. The molecule has 0 spiro atoms. The van der Waals surface area contributed by atoms with Crippen molar-refractivity contribution in [2.75, 3.05) is 26.7 Å². The van der Waals surface area contributed by atoms with Gasteiger partial charge in [-0.1, -0.05) is 61.4 Å². The number of amides is 3. The molecule has 2 aromatic rings. The highest BCUT2D eigenvalue weighted by molar-refractivity contribution is 7.80. The largest absolute Gasteiger partial charge is 0.339 e. The highest BCUT2D eigenvalue weighted by atomic mass is 35.5. The quantitative estimate of drug-likeness (QED) is 0.282. The average Bonchev–Trinajstić information content (AvgIpc) is 3.39. The first-order valence-electron chi connectivity index (χ1n) is 15.0. The Kier molecular flexibility index (Phi) is 11.0. The lowest BCUT2D eigenvalue weighted by Crippen LogP contribution is -2.45. The molecular weight excluding hydrogens is 566 g/mol. The topological polar surface area (TPSA) is 60.9 Å². The van der Waals surface area contributed by atoms with Crippen molar-refractivity contribution >= 4 is 52.1 Å². The van der Waals surface area contributed by atoms with Crippen LogP contribution in [-0.4, -0.2) is 64.1 Å². The maximum Gasteiger partial charge on any atom is 0.242 e. The van der Waals surface area contributed by atoms with Gasteiger partial charge in [-0.15, -0.1) is 0 Å². The maximum absolute atomic E-state index is 13.2. The summed E-state index contributed by atoms with van der Waals surface area (Å²) in [6.07, 6.45) is 7.96. The van der Waals surface area contributed by atoms with Crippen LogP contribution in [0.25, 0.3) is 5.57 Å². The van der Waals surface area contributed by atoms with Crippen LogP contribution in [0.4, 0.5) is 0 Å². The van der Waals surface area contributed by atoms with Gasteiger partial charge in [-0.25, -0.2) is 0 Å². The SMILES string of the molecule is CCCCC(=O)N(CC(=O)N1CC=C(c2ccc3c(c2)C(N(C)C(=O)CCc2cc(C)cc(Cl)c2)CC3)CC1)C(C)=S. The average molecular weight is 608 g/mol. The molecule has 1 heterocycles. The fraction of sp³-hybridized carbons (Fsp3) is 0.471. The molecule has 224 valence electrons. The lowest BCUT2D eigenvalue weighted by atomic mass is 9.95. The summed E-state index contributed by atoms with van der Waals surface area (Å²) in [5, 5.41) is 0.706. The Morgan fingerprint density at radius 3 is 2.52 bits per heavy atom. The fourth-order valence-corrected chi connectivity index (χ4v) is 6.45. The van der Waals surface area contributed by atoms with Crippen molar-refractivity contribution in [1.82, 2.24) is 14.7 Å². The van der Waals surface area contributed by atoms with E-state index in [1.807, 2.05) is 37.9 Å². The molecule has 0 radical (unpaired) electrons. The Balaban J connectivity index is 1.38. The van der Waals surface area contributed by atoms with E-state index in [2.05, 4.69) is 30.3 Å². The second-order valence-corrected chi connectivity index (χ2v) is 12.6. The van der Waals surface area contributed by atoms with Crippen LogP contribution < -0.4 is 0 Å². The number of rotatable bonds is 10. The van der Waals surface area contributed by atoms with Crippen LogP contribution in [0.3, 0.4) is 0 Å². The van der Waals surface area contributed by atoms with Gasteiger partial charge in [0.1, 0.15) is 6.54 Å². The molecular formula is C34H42ClN3O3S. The van der Waals surface area contributed by atoms with Gasteiger partial charge in [0, 0.05) is 38.0 Å². The summed E-state index contributed by atoms with van der Waals surface area (Å²) >= 11 is 11.5. The summed E-state index contributed by atoms with van der Waals surface area (Å²) in [6, 6.07) is 12.6. The third-order valence-electron chi connectivity index (χ3n) is 8.43. The zero-order valence-corrected chi connectivity index (χ0v) is 26.8. The number of unbranched alkanes of at least 4 members (excludes halogenated alkanes) is 1. The number of aryl methyl sites for hydroxylation is 3. The summed E-state index contributed by atoms with van der Waals surface area (Å²) in [7, 11) is 1.92. The van der Waals surface area contributed by atoms with Gasteiger partial charge >= 0.3 is 0 Å². The molecule has 0 N–H and O–H groups in total. The molecule has 0 bridgehead atoms. The van der Waals surface area contributed by atoms with Crippen molar-refractivity contribution in [1.29, 1.82) is 0 Å². The molecule has 0 saturated carbocycles. The molecule has 0 aromatic heterocycles. The molecule has 1 aliphatic carbocycles. The number of fused-ring (bicyclic) bond motifs is 1. The molecule has 2 aromatic carbocycles. The molecule has 1 aliphatic heterocycles. The minimum atomic E-state index is -0.0820. The monoisotopic (exact) mass is 607 g/mol. The first kappa shape index (κ1) is 31.9. The predicted octanol–water partition coefficient (Wildman–Crippen LogP) is 6.71. The van der Waals surface area contributed by atoms with Gasteiger partial charge in [-0.3, -0.25) is 19.3 Å². The number of carbonyl (C=O) groups excluding carboxylic acids is 3. The van der Waals surface area contributed by atoms with Crippen LogP contribution in [-0.2, 0) is 27.2 Å². The normalized spacial score (nSPS) is 16.1. The van der Waals surface area contributed by atoms with E-state index in [1.54, 1.807) is 11.8 Å². The smallest absolute Gasteiger partial charge is 0.242 e. The Morgan fingerprint density at radius 1 is 1.07 bits per heavy atom. The van der Waals surface area contributed by atoms with Gasteiger partial charge in [-0.2, -0.15) is 0 Å². The summed E-state index contributed by atoms with van der Waals surface area (Å²) in [5.41, 5.74) is 7.06. The molecule has 1 atom stereocenters. The molecule has 2 aliphatic rings. The third kappa shape index (κ3) is 7.87. The van der Waals surface area contributed by atoms with Crippen molar-refractivity contribution in [2.24, 2.45) is 0 Å². The standard InChI is InChI=1S/C34H42ClN3O3S/c1-5-6-7-33(40)38(24(3)42)22-34(41)37-16-14-26(15-17-37)28-10-9-27-11-12-31(30(27)21-28)36(4)32(39)13-8-25-18-23(2)19-29(35)20-25/h9-10,14,18-21,31H,5-8,11-13,15-17,22H2,1-4H3. The van der Waals surface area contributed by atoms with Gasteiger partial charge in [0.15, 0.2) is 0 Å². The zero-order valence-electron chi connectivity index (χ0n) is 25.2. The lowest BCUT2D eigenvalue weighted by molar-refractivity contribution is -0.137. The van der Waals surface area contributed by atoms with Gasteiger partial charge in [0.2, 0.25) is 17.7 Å². The third-order valence-corrected chi connectivity index (χ3v) is 8.87. The van der Waals surface area contributed by atoms with Crippen molar-refractivity contribution in [3.8, 4) is 0 Å². The number of hydrogen-bond acceptors (Lipinski definition) is 4. The number of benzene rings is 2. The van der Waals surface area contributed by atoms with Crippen LogP contribution >= 0.6 is 23.8 Å². The van der Waals surface area contributed by atoms with Gasteiger partial charge in [-0.05, 0) is 97.5 Å². The number of hydrogen-bond donors (Lipinski definition) is 0. The minimum Gasteiger partial charge on any atom is -0.339 e. The van der Waals surface area contributed by atoms with Crippen LogP contribution in [0.1, 0.15) is 86.2 Å². The van der Waals surface area contributed by atoms with E-state index in [-0.39, 0.29) is 30.3 Å². The van der Waals surface area contributed by atoms with E-state index in [0.29, 0.717) is 42.4 Å². The zero-order chi connectivity index (χ0) is 30.4. The van der Waals surface area contributed by atoms with Crippen molar-refractivity contribution in [2.45, 2.75) is 78.2 Å². The molecule has 3 amide bonds. The molecule has 0 saturated heterocycles. The van der Waals surface area contributed by atoms with E-state index in [4.69, 9.17) is 23.8 Å². The van der Waals surface area contributed by atoms with Gasteiger partial charge < -0.3 is 9.80 Å². The summed E-state index contributed by atoms with van der Waals surface area (Å²) in [5.74, 6) is -0.0289. The fourth-order valence-electron chi connectivity index (χ4n) is 5.97. The second-order valence-electron chi connectivity index (χ2n) is 11.5.